The van der Waals surface area contributed by atoms with Gasteiger partial charge in [0.15, 0.2) is 6.40 Å². The topological polar surface area (TPSA) is 33.6 Å². The Hall–Kier alpha value is -0.570. The molecular weight excluding hydrogens is 164 g/mol. The maximum Gasteiger partial charge on any atom is 0.170 e. The predicted octanol–water partition coefficient (Wildman–Crippen LogP) is 1.19. The van der Waals surface area contributed by atoms with E-state index in [1.807, 2.05) is 0 Å². The molecule has 2 aliphatic rings. The van der Waals surface area contributed by atoms with Crippen molar-refractivity contribution >= 4 is 6.40 Å². The average molecular weight is 182 g/mol. The third-order valence-electron chi connectivity index (χ3n) is 3.24. The molecular formula is C10H18N2O. The largest absolute Gasteiger partial charge is 0.481 e. The molecule has 3 nitrogen and oxygen atoms in total. The molecule has 0 bridgehead atoms. The minimum absolute atomic E-state index is 0.126. The Morgan fingerprint density at radius 3 is 3.31 bits per heavy atom. The second-order valence-corrected chi connectivity index (χ2v) is 4.09. The summed E-state index contributed by atoms with van der Waals surface area (Å²) < 4.78 is 5.29. The van der Waals surface area contributed by atoms with Crippen LogP contribution in [0.5, 0.6) is 0 Å². The Balaban J connectivity index is 2.07. The number of ether oxygens (including phenoxy) is 1. The zero-order valence-electron chi connectivity index (χ0n) is 8.25. The van der Waals surface area contributed by atoms with E-state index >= 15 is 0 Å². The van der Waals surface area contributed by atoms with Crippen LogP contribution >= 0.6 is 0 Å². The standard InChI is InChI=1S/C10H18N2O/c1-2-3-9-6-11-5-4-10(9)7-13-8-12-10/h8-9,11H,2-7H2,1H3. The highest BCUT2D eigenvalue weighted by molar-refractivity contribution is 5.50. The Bertz CT molecular complexity index is 203. The van der Waals surface area contributed by atoms with Crippen LogP contribution in [-0.2, 0) is 4.74 Å². The molecule has 2 heterocycles. The molecule has 1 N–H and O–H groups in total. The van der Waals surface area contributed by atoms with Gasteiger partial charge in [0.25, 0.3) is 0 Å². The van der Waals surface area contributed by atoms with Crippen LogP contribution in [0.25, 0.3) is 0 Å². The lowest BCUT2D eigenvalue weighted by atomic mass is 9.77. The summed E-state index contributed by atoms with van der Waals surface area (Å²) >= 11 is 0. The lowest BCUT2D eigenvalue weighted by Crippen LogP contribution is -2.50. The third-order valence-corrected chi connectivity index (χ3v) is 3.24. The number of hydrogen-bond acceptors (Lipinski definition) is 3. The van der Waals surface area contributed by atoms with E-state index < -0.39 is 0 Å². The smallest absolute Gasteiger partial charge is 0.170 e. The van der Waals surface area contributed by atoms with Crippen molar-refractivity contribution in [1.82, 2.24) is 5.32 Å². The number of rotatable bonds is 2. The van der Waals surface area contributed by atoms with Gasteiger partial charge in [-0.2, -0.15) is 0 Å². The van der Waals surface area contributed by atoms with E-state index in [0.717, 1.165) is 26.1 Å². The summed E-state index contributed by atoms with van der Waals surface area (Å²) in [7, 11) is 0. The van der Waals surface area contributed by atoms with E-state index in [0.29, 0.717) is 5.92 Å². The molecule has 1 spiro atoms. The van der Waals surface area contributed by atoms with Gasteiger partial charge in [0.1, 0.15) is 12.1 Å². The van der Waals surface area contributed by atoms with Crippen LogP contribution in [0.4, 0.5) is 0 Å². The SMILES string of the molecule is CCCC1CNCCC12COC=N2. The fraction of sp³-hybridized carbons (Fsp3) is 0.900. The summed E-state index contributed by atoms with van der Waals surface area (Å²) in [5.41, 5.74) is 0.126. The highest BCUT2D eigenvalue weighted by atomic mass is 16.5. The number of nitrogens with one attached hydrogen (secondary N) is 1. The van der Waals surface area contributed by atoms with Gasteiger partial charge < -0.3 is 10.1 Å². The van der Waals surface area contributed by atoms with Gasteiger partial charge in [-0.05, 0) is 19.4 Å². The molecule has 1 fully saturated rings. The van der Waals surface area contributed by atoms with Crippen LogP contribution in [-0.4, -0.2) is 31.6 Å². The Kier molecular flexibility index (Phi) is 2.54. The average Bonchev–Trinajstić information content (AvgIpc) is 2.59. The quantitative estimate of drug-likeness (QED) is 0.696. The molecule has 0 aromatic heterocycles. The zero-order valence-corrected chi connectivity index (χ0v) is 8.25. The Morgan fingerprint density at radius 1 is 1.69 bits per heavy atom. The van der Waals surface area contributed by atoms with Gasteiger partial charge in [-0.15, -0.1) is 0 Å². The lowest BCUT2D eigenvalue weighted by molar-refractivity contribution is 0.146. The number of aliphatic imine (C=N–C) groups is 1. The monoisotopic (exact) mass is 182 g/mol. The summed E-state index contributed by atoms with van der Waals surface area (Å²) in [6.07, 6.45) is 5.28. The molecule has 2 unspecified atom stereocenters. The van der Waals surface area contributed by atoms with Crippen LogP contribution in [0.3, 0.4) is 0 Å². The van der Waals surface area contributed by atoms with Gasteiger partial charge in [0.05, 0.1) is 0 Å². The van der Waals surface area contributed by atoms with E-state index in [2.05, 4.69) is 17.2 Å². The van der Waals surface area contributed by atoms with Crippen molar-refractivity contribution in [2.45, 2.75) is 31.7 Å². The minimum atomic E-state index is 0.126. The normalized spacial score (nSPS) is 38.1. The zero-order chi connectivity index (χ0) is 9.15. The van der Waals surface area contributed by atoms with Crippen molar-refractivity contribution in [3.8, 4) is 0 Å². The van der Waals surface area contributed by atoms with Gasteiger partial charge in [-0.3, -0.25) is 0 Å². The van der Waals surface area contributed by atoms with Gasteiger partial charge in [0.2, 0.25) is 0 Å². The van der Waals surface area contributed by atoms with Crippen molar-refractivity contribution in [2.24, 2.45) is 10.9 Å². The van der Waals surface area contributed by atoms with Crippen LogP contribution in [0.2, 0.25) is 0 Å². The lowest BCUT2D eigenvalue weighted by Gasteiger charge is -2.37. The molecule has 0 aromatic rings. The van der Waals surface area contributed by atoms with E-state index in [-0.39, 0.29) is 5.54 Å². The van der Waals surface area contributed by atoms with Gasteiger partial charge in [-0.1, -0.05) is 13.3 Å². The van der Waals surface area contributed by atoms with Crippen molar-refractivity contribution < 1.29 is 4.74 Å². The summed E-state index contributed by atoms with van der Waals surface area (Å²) in [6, 6.07) is 0. The molecule has 2 atom stereocenters. The number of nitrogens with zero attached hydrogens (tertiary/aromatic N) is 1. The van der Waals surface area contributed by atoms with Crippen LogP contribution in [0, 0.1) is 5.92 Å². The second kappa shape index (κ2) is 3.66. The fourth-order valence-corrected chi connectivity index (χ4v) is 2.42. The molecule has 2 rings (SSSR count). The Labute approximate surface area is 79.6 Å². The van der Waals surface area contributed by atoms with E-state index in [4.69, 9.17) is 4.74 Å². The van der Waals surface area contributed by atoms with Crippen molar-refractivity contribution in [3.05, 3.63) is 0 Å². The summed E-state index contributed by atoms with van der Waals surface area (Å²) in [6.45, 7) is 5.23. The first-order valence-corrected chi connectivity index (χ1v) is 5.23. The first-order chi connectivity index (χ1) is 6.37. The van der Waals surface area contributed by atoms with Crippen molar-refractivity contribution in [2.75, 3.05) is 19.7 Å². The van der Waals surface area contributed by atoms with Crippen LogP contribution < -0.4 is 5.32 Å². The molecule has 0 aromatic carbocycles. The maximum absolute atomic E-state index is 5.29. The number of piperidine rings is 1. The minimum Gasteiger partial charge on any atom is -0.481 e. The molecule has 13 heavy (non-hydrogen) atoms. The van der Waals surface area contributed by atoms with E-state index in [9.17, 15) is 0 Å². The van der Waals surface area contributed by atoms with Crippen molar-refractivity contribution in [1.29, 1.82) is 0 Å². The first-order valence-electron chi connectivity index (χ1n) is 5.23. The molecule has 2 aliphatic heterocycles. The summed E-state index contributed by atoms with van der Waals surface area (Å²) in [4.78, 5) is 4.54. The third kappa shape index (κ3) is 1.57. The van der Waals surface area contributed by atoms with Gasteiger partial charge >= 0.3 is 0 Å². The highest BCUT2D eigenvalue weighted by Gasteiger charge is 2.42. The summed E-state index contributed by atoms with van der Waals surface area (Å²) in [5.74, 6) is 0.671. The van der Waals surface area contributed by atoms with Crippen molar-refractivity contribution in [3.63, 3.8) is 0 Å². The van der Waals surface area contributed by atoms with Crippen LogP contribution in [0.1, 0.15) is 26.2 Å². The molecule has 74 valence electrons. The number of hydrogen-bond donors (Lipinski definition) is 1. The molecule has 0 aliphatic carbocycles. The Morgan fingerprint density at radius 2 is 2.62 bits per heavy atom. The van der Waals surface area contributed by atoms with Crippen LogP contribution in [0.15, 0.2) is 4.99 Å². The second-order valence-electron chi connectivity index (χ2n) is 4.09. The molecule has 3 heteroatoms. The predicted molar refractivity (Wildman–Crippen MR) is 53.1 cm³/mol. The summed E-state index contributed by atoms with van der Waals surface area (Å²) in [5, 5.41) is 3.44. The maximum atomic E-state index is 5.29. The van der Waals surface area contributed by atoms with Gasteiger partial charge in [-0.25, -0.2) is 4.99 Å². The van der Waals surface area contributed by atoms with E-state index in [1.54, 1.807) is 6.40 Å². The highest BCUT2D eigenvalue weighted by Crippen LogP contribution is 2.34. The molecule has 1 saturated heterocycles. The molecule has 0 amide bonds. The van der Waals surface area contributed by atoms with E-state index in [1.165, 1.54) is 12.8 Å². The molecule has 0 radical (unpaired) electrons. The fourth-order valence-electron chi connectivity index (χ4n) is 2.42. The molecule has 0 saturated carbocycles. The van der Waals surface area contributed by atoms with Gasteiger partial charge in [0, 0.05) is 12.5 Å². The first kappa shape index (κ1) is 9.00.